The van der Waals surface area contributed by atoms with Crippen molar-refractivity contribution in [1.29, 1.82) is 0 Å². The second kappa shape index (κ2) is 14.6. The average molecular weight is 845 g/mol. The lowest BCUT2D eigenvalue weighted by Crippen LogP contribution is -2.43. The lowest BCUT2D eigenvalue weighted by atomic mass is 9.69. The van der Waals surface area contributed by atoms with Crippen LogP contribution in [0.5, 0.6) is 0 Å². The largest absolute Gasteiger partial charge is 0.417 e. The van der Waals surface area contributed by atoms with Gasteiger partial charge >= 0.3 is 24.7 Å². The van der Waals surface area contributed by atoms with E-state index >= 15 is 0 Å². The Labute approximate surface area is 325 Å². The summed E-state index contributed by atoms with van der Waals surface area (Å²) in [4.78, 5) is 54.6. The third-order valence-electron chi connectivity index (χ3n) is 10.5. The summed E-state index contributed by atoms with van der Waals surface area (Å²) in [6.45, 7) is 0. The van der Waals surface area contributed by atoms with Crippen molar-refractivity contribution in [2.24, 2.45) is 23.7 Å². The van der Waals surface area contributed by atoms with Crippen molar-refractivity contribution in [2.75, 3.05) is 28.3 Å². The zero-order chi connectivity index (χ0) is 43.7. The van der Waals surface area contributed by atoms with Gasteiger partial charge in [-0.2, -0.15) is 52.7 Å². The normalized spacial score (nSPS) is 20.1. The van der Waals surface area contributed by atoms with Gasteiger partial charge in [0, 0.05) is 35.9 Å². The van der Waals surface area contributed by atoms with E-state index in [-0.39, 0.29) is 17.7 Å². The van der Waals surface area contributed by atoms with Crippen LogP contribution < -0.4 is 21.3 Å². The summed E-state index contributed by atoms with van der Waals surface area (Å²) in [5, 5.41) is 0. The summed E-state index contributed by atoms with van der Waals surface area (Å²) in [5.74, 6) is -8.80. The predicted molar refractivity (Wildman–Crippen MR) is 188 cm³/mol. The number of nitrogen functional groups attached to an aromatic ring is 2. The molecule has 3 amide bonds. The molecule has 4 N–H and O–H groups in total. The number of anilines is 4. The van der Waals surface area contributed by atoms with Gasteiger partial charge in [0.25, 0.3) is 0 Å². The number of hydrogen-bond acceptors (Lipinski definition) is 6. The Balaban J connectivity index is 1.32. The number of carbonyl (C=O) groups excluding carboxylic acids is 4. The van der Waals surface area contributed by atoms with E-state index in [1.165, 1.54) is 0 Å². The smallest absolute Gasteiger partial charge is 0.399 e. The maximum Gasteiger partial charge on any atom is 0.417 e. The van der Waals surface area contributed by atoms with Gasteiger partial charge < -0.3 is 21.2 Å². The summed E-state index contributed by atoms with van der Waals surface area (Å²) in [5.41, 5.74) is -0.755. The Morgan fingerprint density at radius 1 is 0.610 bits per heavy atom. The predicted octanol–water partition coefficient (Wildman–Crippen LogP) is 9.25. The Kier molecular flexibility index (Phi) is 10.5. The molecule has 2 aliphatic rings. The van der Waals surface area contributed by atoms with E-state index in [2.05, 4.69) is 0 Å². The van der Waals surface area contributed by atoms with E-state index in [0.717, 1.165) is 43.4 Å². The molecule has 2 fully saturated rings. The van der Waals surface area contributed by atoms with Gasteiger partial charge in [0.15, 0.2) is 0 Å². The first kappa shape index (κ1) is 42.5. The molecule has 0 radical (unpaired) electrons. The van der Waals surface area contributed by atoms with Crippen molar-refractivity contribution in [2.45, 2.75) is 37.5 Å². The third-order valence-corrected chi connectivity index (χ3v) is 10.5. The molecule has 6 rings (SSSR count). The number of alkyl halides is 12. The monoisotopic (exact) mass is 844 g/mol. The molecule has 1 saturated heterocycles. The summed E-state index contributed by atoms with van der Waals surface area (Å²) >= 11 is 0. The first-order valence-electron chi connectivity index (χ1n) is 17.2. The summed E-state index contributed by atoms with van der Waals surface area (Å²) < 4.78 is 170. The molecular formula is C39H28F12N4O4. The minimum Gasteiger partial charge on any atom is -0.399 e. The average Bonchev–Trinajstić information content (AvgIpc) is 3.39. The van der Waals surface area contributed by atoms with Crippen LogP contribution in [0.2, 0.25) is 0 Å². The van der Waals surface area contributed by atoms with Crippen LogP contribution in [-0.4, -0.2) is 31.1 Å². The Bertz CT molecular complexity index is 2370. The molecule has 4 unspecified atom stereocenters. The molecule has 0 bridgehead atoms. The molecular weight excluding hydrogens is 816 g/mol. The van der Waals surface area contributed by atoms with Crippen LogP contribution in [-0.2, 0) is 43.9 Å². The minimum atomic E-state index is -5.32. The molecule has 312 valence electrons. The SMILES string of the molecule is CN(C(=O)C1CC2C(=O)N(c3ccc(-c4ccc(N)cc4C(F)(F)F)c(C(F)(F)F)c3)C(=O)C2CC1C=O)c1ccc(-c2ccc(N)cc2C(F)(F)F)c(C(F)(F)F)c1. The number of fused-ring (bicyclic) bond motifs is 1. The van der Waals surface area contributed by atoms with Gasteiger partial charge in [-0.15, -0.1) is 0 Å². The van der Waals surface area contributed by atoms with E-state index < -0.39 is 135 Å². The lowest BCUT2D eigenvalue weighted by Gasteiger charge is -2.35. The van der Waals surface area contributed by atoms with E-state index in [0.29, 0.717) is 46.2 Å². The number of rotatable bonds is 6. The number of imide groups is 1. The highest BCUT2D eigenvalue weighted by atomic mass is 19.4. The minimum absolute atomic E-state index is 0.276. The highest BCUT2D eigenvalue weighted by molar-refractivity contribution is 6.22. The number of nitrogens with two attached hydrogens (primary N) is 2. The Morgan fingerprint density at radius 2 is 1.00 bits per heavy atom. The van der Waals surface area contributed by atoms with Crippen LogP contribution in [0, 0.1) is 23.7 Å². The van der Waals surface area contributed by atoms with Crippen LogP contribution in [0.3, 0.4) is 0 Å². The van der Waals surface area contributed by atoms with Crippen molar-refractivity contribution < 1.29 is 71.9 Å². The molecule has 8 nitrogen and oxygen atoms in total. The van der Waals surface area contributed by atoms with Crippen LogP contribution in [0.25, 0.3) is 22.3 Å². The molecule has 4 atom stereocenters. The number of aldehydes is 1. The van der Waals surface area contributed by atoms with Crippen LogP contribution in [0.1, 0.15) is 35.1 Å². The maximum absolute atomic E-state index is 14.4. The first-order valence-corrected chi connectivity index (χ1v) is 17.2. The summed E-state index contributed by atoms with van der Waals surface area (Å²) in [6, 6.07) is 8.17. The van der Waals surface area contributed by atoms with Crippen molar-refractivity contribution in [3.8, 4) is 22.3 Å². The van der Waals surface area contributed by atoms with Gasteiger partial charge in [-0.25, -0.2) is 0 Å². The molecule has 1 heterocycles. The van der Waals surface area contributed by atoms with Crippen molar-refractivity contribution in [3.05, 3.63) is 95.1 Å². The van der Waals surface area contributed by atoms with Gasteiger partial charge in [-0.1, -0.05) is 24.3 Å². The number of halogens is 12. The third kappa shape index (κ3) is 7.91. The highest BCUT2D eigenvalue weighted by Crippen LogP contribution is 2.49. The van der Waals surface area contributed by atoms with E-state index in [9.17, 15) is 71.9 Å². The standard InChI is InChI=1S/C39H28F12N4O4/c1-54(20-4-8-24(31(13-20)38(46,47)48)22-6-2-18(52)11-29(22)36(40,41)42)33(57)26-15-28-27(10-17(26)16-56)34(58)55(35(28)59)21-5-9-25(32(14-21)39(49,50)51)23-7-3-19(53)12-30(23)37(43,44)45/h2-9,11-14,16-17,26-28H,10,15,52-53H2,1H3. The van der Waals surface area contributed by atoms with E-state index in [1.807, 2.05) is 0 Å². The van der Waals surface area contributed by atoms with Gasteiger partial charge in [-0.3, -0.25) is 19.3 Å². The maximum atomic E-state index is 14.4. The van der Waals surface area contributed by atoms with Gasteiger partial charge in [-0.05, 0) is 83.6 Å². The molecule has 1 saturated carbocycles. The zero-order valence-electron chi connectivity index (χ0n) is 29.9. The molecule has 4 aromatic rings. The van der Waals surface area contributed by atoms with Crippen LogP contribution in [0.4, 0.5) is 75.4 Å². The molecule has 1 aliphatic carbocycles. The molecule has 4 aromatic carbocycles. The van der Waals surface area contributed by atoms with Crippen molar-refractivity contribution in [3.63, 3.8) is 0 Å². The molecule has 0 spiro atoms. The van der Waals surface area contributed by atoms with Crippen LogP contribution >= 0.6 is 0 Å². The molecule has 20 heteroatoms. The fourth-order valence-corrected chi connectivity index (χ4v) is 7.70. The quantitative estimate of drug-likeness (QED) is 0.0863. The molecule has 1 aliphatic heterocycles. The first-order chi connectivity index (χ1) is 27.2. The number of nitrogens with zero attached hydrogens (tertiary/aromatic N) is 2. The summed E-state index contributed by atoms with van der Waals surface area (Å²) in [6.07, 6.45) is -21.6. The van der Waals surface area contributed by atoms with Gasteiger partial charge in [0.1, 0.15) is 6.29 Å². The van der Waals surface area contributed by atoms with Crippen LogP contribution in [0.15, 0.2) is 72.8 Å². The summed E-state index contributed by atoms with van der Waals surface area (Å²) in [7, 11) is 1.01. The Hall–Kier alpha value is -6.08. The number of carbonyl (C=O) groups is 4. The molecule has 0 aromatic heterocycles. The molecule has 59 heavy (non-hydrogen) atoms. The number of hydrogen-bond donors (Lipinski definition) is 2. The van der Waals surface area contributed by atoms with E-state index in [4.69, 9.17) is 11.5 Å². The van der Waals surface area contributed by atoms with Gasteiger partial charge in [0.2, 0.25) is 17.7 Å². The highest BCUT2D eigenvalue weighted by Gasteiger charge is 2.55. The second-order valence-electron chi connectivity index (χ2n) is 14.1. The van der Waals surface area contributed by atoms with Crippen molar-refractivity contribution in [1.82, 2.24) is 0 Å². The lowest BCUT2D eigenvalue weighted by molar-refractivity contribution is -0.139. The fourth-order valence-electron chi connectivity index (χ4n) is 7.70. The van der Waals surface area contributed by atoms with E-state index in [1.54, 1.807) is 0 Å². The Morgan fingerprint density at radius 3 is 1.44 bits per heavy atom. The zero-order valence-corrected chi connectivity index (χ0v) is 29.9. The number of benzene rings is 4. The topological polar surface area (TPSA) is 127 Å². The fraction of sp³-hybridized carbons (Fsp3) is 0.282. The second-order valence-corrected chi connectivity index (χ2v) is 14.1. The van der Waals surface area contributed by atoms with Gasteiger partial charge in [0.05, 0.1) is 39.8 Å². The number of amides is 3. The van der Waals surface area contributed by atoms with Crippen molar-refractivity contribution >= 4 is 46.8 Å².